The molecule has 0 bridgehead atoms. The summed E-state index contributed by atoms with van der Waals surface area (Å²) >= 11 is 5.64. The minimum atomic E-state index is -0.145. The second-order valence-corrected chi connectivity index (χ2v) is 4.07. The minimum Gasteiger partial charge on any atom is -0.395 e. The zero-order valence-corrected chi connectivity index (χ0v) is 10.1. The number of hydrogen-bond acceptors (Lipinski definition) is 3. The summed E-state index contributed by atoms with van der Waals surface area (Å²) in [6.45, 7) is 4.07. The third kappa shape index (κ3) is 3.18. The van der Waals surface area contributed by atoms with Crippen LogP contribution >= 0.6 is 11.6 Å². The normalized spacial score (nSPS) is 10.6. The Bertz CT molecular complexity index is 352. The highest BCUT2D eigenvalue weighted by molar-refractivity contribution is 6.29. The molecule has 5 heteroatoms. The van der Waals surface area contributed by atoms with Crippen molar-refractivity contribution < 1.29 is 9.90 Å². The number of rotatable bonds is 4. The fourth-order valence-electron chi connectivity index (χ4n) is 1.37. The van der Waals surface area contributed by atoms with Crippen LogP contribution in [0.3, 0.4) is 0 Å². The van der Waals surface area contributed by atoms with E-state index in [0.29, 0.717) is 17.3 Å². The number of aliphatic hydroxyl groups is 1. The van der Waals surface area contributed by atoms with Crippen molar-refractivity contribution in [3.8, 4) is 0 Å². The van der Waals surface area contributed by atoms with Crippen molar-refractivity contribution in [2.24, 2.45) is 0 Å². The molecule has 0 unspecified atom stereocenters. The Balaban J connectivity index is 2.86. The average molecular weight is 243 g/mol. The van der Waals surface area contributed by atoms with E-state index in [9.17, 15) is 4.79 Å². The van der Waals surface area contributed by atoms with Gasteiger partial charge < -0.3 is 10.0 Å². The summed E-state index contributed by atoms with van der Waals surface area (Å²) in [4.78, 5) is 17.5. The van der Waals surface area contributed by atoms with Gasteiger partial charge >= 0.3 is 0 Å². The van der Waals surface area contributed by atoms with Gasteiger partial charge in [0.15, 0.2) is 0 Å². The maximum Gasteiger partial charge on any atom is 0.255 e. The summed E-state index contributed by atoms with van der Waals surface area (Å²) in [6, 6.07) is 3.24. The van der Waals surface area contributed by atoms with Crippen LogP contribution < -0.4 is 0 Å². The second kappa shape index (κ2) is 5.82. The van der Waals surface area contributed by atoms with Crippen molar-refractivity contribution in [1.82, 2.24) is 9.88 Å². The lowest BCUT2D eigenvalue weighted by atomic mass is 10.2. The van der Waals surface area contributed by atoms with Crippen molar-refractivity contribution in [2.45, 2.75) is 19.9 Å². The minimum absolute atomic E-state index is 0.0373. The van der Waals surface area contributed by atoms with Crippen molar-refractivity contribution in [2.75, 3.05) is 13.2 Å². The van der Waals surface area contributed by atoms with Crippen LogP contribution in [-0.2, 0) is 0 Å². The number of pyridine rings is 1. The van der Waals surface area contributed by atoms with Crippen molar-refractivity contribution in [1.29, 1.82) is 0 Å². The fraction of sp³-hybridized carbons (Fsp3) is 0.455. The van der Waals surface area contributed by atoms with Gasteiger partial charge in [0.1, 0.15) is 5.15 Å². The lowest BCUT2D eigenvalue weighted by Crippen LogP contribution is -2.39. The molecule has 16 heavy (non-hydrogen) atoms. The molecule has 1 heterocycles. The van der Waals surface area contributed by atoms with Crippen molar-refractivity contribution in [3.05, 3.63) is 29.0 Å². The van der Waals surface area contributed by atoms with E-state index in [0.717, 1.165) is 0 Å². The van der Waals surface area contributed by atoms with Gasteiger partial charge in [-0.05, 0) is 26.0 Å². The molecule has 1 N–H and O–H groups in total. The topological polar surface area (TPSA) is 53.4 Å². The first-order chi connectivity index (χ1) is 7.56. The fourth-order valence-corrected chi connectivity index (χ4v) is 1.48. The zero-order chi connectivity index (χ0) is 12.1. The first-order valence-corrected chi connectivity index (χ1v) is 5.47. The first-order valence-electron chi connectivity index (χ1n) is 5.09. The molecule has 0 atom stereocenters. The molecule has 0 spiro atoms. The molecule has 1 amide bonds. The van der Waals surface area contributed by atoms with Crippen molar-refractivity contribution >= 4 is 17.5 Å². The highest BCUT2D eigenvalue weighted by atomic mass is 35.5. The molecule has 0 aliphatic carbocycles. The predicted molar refractivity (Wildman–Crippen MR) is 62.5 cm³/mol. The average Bonchev–Trinajstić information content (AvgIpc) is 2.25. The van der Waals surface area contributed by atoms with Crippen LogP contribution in [0.15, 0.2) is 18.3 Å². The third-order valence-corrected chi connectivity index (χ3v) is 2.42. The van der Waals surface area contributed by atoms with E-state index in [1.165, 1.54) is 6.20 Å². The van der Waals surface area contributed by atoms with E-state index in [4.69, 9.17) is 16.7 Å². The molecular weight excluding hydrogens is 228 g/mol. The highest BCUT2D eigenvalue weighted by Gasteiger charge is 2.18. The maximum atomic E-state index is 12.0. The lowest BCUT2D eigenvalue weighted by molar-refractivity contribution is 0.0665. The summed E-state index contributed by atoms with van der Waals surface area (Å²) in [5.74, 6) is -0.145. The van der Waals surface area contributed by atoms with Gasteiger partial charge in [-0.2, -0.15) is 0 Å². The van der Waals surface area contributed by atoms with Gasteiger partial charge in [0.05, 0.1) is 12.2 Å². The molecule has 0 aliphatic heterocycles. The SMILES string of the molecule is CC(C)N(CCO)C(=O)c1ccc(Cl)nc1. The Morgan fingerprint density at radius 3 is 2.69 bits per heavy atom. The number of nitrogens with zero attached hydrogens (tertiary/aromatic N) is 2. The quantitative estimate of drug-likeness (QED) is 0.816. The summed E-state index contributed by atoms with van der Waals surface area (Å²) in [5.41, 5.74) is 0.478. The molecule has 0 saturated carbocycles. The maximum absolute atomic E-state index is 12.0. The molecule has 1 aromatic heterocycles. The predicted octanol–water partition coefficient (Wildman–Crippen LogP) is 1.58. The van der Waals surface area contributed by atoms with E-state index in [-0.39, 0.29) is 18.6 Å². The summed E-state index contributed by atoms with van der Waals surface area (Å²) in [6.07, 6.45) is 1.44. The molecule has 1 rings (SSSR count). The zero-order valence-electron chi connectivity index (χ0n) is 9.35. The van der Waals surface area contributed by atoms with Gasteiger partial charge in [-0.1, -0.05) is 11.6 Å². The molecule has 0 aliphatic rings. The molecule has 1 aromatic rings. The Morgan fingerprint density at radius 2 is 2.25 bits per heavy atom. The Morgan fingerprint density at radius 1 is 1.56 bits per heavy atom. The number of carbonyl (C=O) groups is 1. The van der Waals surface area contributed by atoms with Crippen LogP contribution in [0.4, 0.5) is 0 Å². The van der Waals surface area contributed by atoms with E-state index in [1.54, 1.807) is 17.0 Å². The molecule has 0 saturated heterocycles. The van der Waals surface area contributed by atoms with Crippen molar-refractivity contribution in [3.63, 3.8) is 0 Å². The Hall–Kier alpha value is -1.13. The largest absolute Gasteiger partial charge is 0.395 e. The first kappa shape index (κ1) is 12.9. The summed E-state index contributed by atoms with van der Waals surface area (Å²) in [5, 5.41) is 9.25. The number of aliphatic hydroxyl groups excluding tert-OH is 1. The standard InChI is InChI=1S/C11H15ClN2O2/c1-8(2)14(5-6-15)11(16)9-3-4-10(12)13-7-9/h3-4,7-8,15H,5-6H2,1-2H3. The molecular formula is C11H15ClN2O2. The number of carbonyl (C=O) groups excluding carboxylic acids is 1. The number of amides is 1. The van der Waals surface area contributed by atoms with E-state index >= 15 is 0 Å². The van der Waals surface area contributed by atoms with Crippen LogP contribution in [0.2, 0.25) is 5.15 Å². The van der Waals surface area contributed by atoms with Gasteiger partial charge in [-0.3, -0.25) is 4.79 Å². The van der Waals surface area contributed by atoms with Crippen LogP contribution in [0.5, 0.6) is 0 Å². The number of aromatic nitrogens is 1. The van der Waals surface area contributed by atoms with Crippen LogP contribution in [0, 0.1) is 0 Å². The van der Waals surface area contributed by atoms with Crippen LogP contribution in [-0.4, -0.2) is 40.1 Å². The van der Waals surface area contributed by atoms with Crippen LogP contribution in [0.25, 0.3) is 0 Å². The molecule has 0 aromatic carbocycles. The van der Waals surface area contributed by atoms with Gasteiger partial charge in [-0.15, -0.1) is 0 Å². The number of hydrogen-bond donors (Lipinski definition) is 1. The number of halogens is 1. The second-order valence-electron chi connectivity index (χ2n) is 3.69. The van der Waals surface area contributed by atoms with E-state index < -0.39 is 0 Å². The van der Waals surface area contributed by atoms with Gasteiger partial charge in [0.2, 0.25) is 0 Å². The lowest BCUT2D eigenvalue weighted by Gasteiger charge is -2.25. The highest BCUT2D eigenvalue weighted by Crippen LogP contribution is 2.10. The van der Waals surface area contributed by atoms with Gasteiger partial charge in [0.25, 0.3) is 5.91 Å². The Kier molecular flexibility index (Phi) is 4.71. The van der Waals surface area contributed by atoms with Gasteiger partial charge in [-0.25, -0.2) is 4.98 Å². The monoisotopic (exact) mass is 242 g/mol. The van der Waals surface area contributed by atoms with E-state index in [2.05, 4.69) is 4.98 Å². The third-order valence-electron chi connectivity index (χ3n) is 2.20. The van der Waals surface area contributed by atoms with Gasteiger partial charge in [0, 0.05) is 18.8 Å². The van der Waals surface area contributed by atoms with Crippen LogP contribution in [0.1, 0.15) is 24.2 Å². The summed E-state index contributed by atoms with van der Waals surface area (Å²) < 4.78 is 0. The molecule has 88 valence electrons. The summed E-state index contributed by atoms with van der Waals surface area (Å²) in [7, 11) is 0. The smallest absolute Gasteiger partial charge is 0.255 e. The van der Waals surface area contributed by atoms with E-state index in [1.807, 2.05) is 13.8 Å². The molecule has 0 fully saturated rings. The molecule has 0 radical (unpaired) electrons. The Labute approximate surface area is 99.9 Å². The molecule has 4 nitrogen and oxygen atoms in total.